The molecule has 7 aliphatic rings. The van der Waals surface area contributed by atoms with Crippen molar-refractivity contribution in [2.45, 2.75) is 0 Å². The quantitative estimate of drug-likeness (QED) is 0.174. The summed E-state index contributed by atoms with van der Waals surface area (Å²) in [5, 5.41) is 7.87. The minimum Gasteiger partial charge on any atom is -0.309 e. The minimum atomic E-state index is 1.15. The van der Waals surface area contributed by atoms with Crippen LogP contribution in [0.15, 0.2) is 449 Å². The lowest BCUT2D eigenvalue weighted by atomic mass is 9.95. The van der Waals surface area contributed by atoms with Gasteiger partial charge in [-0.3, -0.25) is 0 Å². The zero-order valence-electron chi connectivity index (χ0n) is 67.5. The maximum absolute atomic E-state index is 2.47. The Morgan fingerprint density at radius 3 is 0.532 bits per heavy atom. The maximum atomic E-state index is 2.47. The van der Waals surface area contributed by atoms with E-state index in [4.69, 9.17) is 0 Å². The number of hydrogen-bond acceptors (Lipinski definition) is 4. The first kappa shape index (κ1) is 69.5. The van der Waals surface area contributed by atoms with Gasteiger partial charge in [0.15, 0.2) is 0 Å². The van der Waals surface area contributed by atoms with E-state index in [-0.39, 0.29) is 0 Å². The lowest BCUT2D eigenvalue weighted by Crippen LogP contribution is -2.11. The smallest absolute Gasteiger partial charge is 0.0540 e. The Bertz CT molecular complexity index is 7850. The SMILES string of the molecule is c1ccc2c(c1)-c1ccccc1N(c1cc3c4c(cccc4c1)-c1ccccc1-3)c1ccccc1-2.c1ccc2c(c1)-c1ccccc1N(c1ccc3c(c1)-c1cccc4cc(N5c6ccccc6-c6ccccc6-c6ccccc65)cc-3c14)c1ccccc1-2.c1ccc2c(c1)-c1ccccc1N(c1ccc3c(c1)-c1cccc4cccc-3c14)c1ccccc1-2. The van der Waals surface area contributed by atoms with Gasteiger partial charge in [-0.05, 0) is 241 Å². The van der Waals surface area contributed by atoms with Crippen molar-refractivity contribution >= 4 is 101 Å². The first-order valence-electron chi connectivity index (χ1n) is 43.0. The summed E-state index contributed by atoms with van der Waals surface area (Å²) in [6.07, 6.45) is 0. The Balaban J connectivity index is 0.000000103. The predicted molar refractivity (Wildman–Crippen MR) is 522 cm³/mol. The van der Waals surface area contributed by atoms with Crippen LogP contribution in [0.4, 0.5) is 68.2 Å². The van der Waals surface area contributed by atoms with Crippen molar-refractivity contribution in [2.24, 2.45) is 0 Å². The highest BCUT2D eigenvalue weighted by molar-refractivity contribution is 6.21. The van der Waals surface area contributed by atoms with E-state index in [0.717, 1.165) is 11.4 Å². The summed E-state index contributed by atoms with van der Waals surface area (Å²) in [4.78, 5) is 9.83. The molecule has 4 nitrogen and oxygen atoms in total. The van der Waals surface area contributed by atoms with Crippen LogP contribution in [0, 0.1) is 0 Å². The van der Waals surface area contributed by atoms with E-state index >= 15 is 0 Å². The molecule has 28 rings (SSSR count). The topological polar surface area (TPSA) is 13.0 Å². The van der Waals surface area contributed by atoms with Crippen LogP contribution in [0.1, 0.15) is 0 Å². The van der Waals surface area contributed by atoms with Crippen molar-refractivity contribution in [1.29, 1.82) is 0 Å². The van der Waals surface area contributed by atoms with Crippen molar-refractivity contribution in [3.05, 3.63) is 449 Å². The van der Waals surface area contributed by atoms with Crippen LogP contribution in [0.25, 0.3) is 188 Å². The summed E-state index contributed by atoms with van der Waals surface area (Å²) in [5.74, 6) is 0. The van der Waals surface area contributed by atoms with Crippen molar-refractivity contribution in [1.82, 2.24) is 0 Å². The molecule has 0 spiro atoms. The van der Waals surface area contributed by atoms with Crippen LogP contribution in [0.2, 0.25) is 0 Å². The van der Waals surface area contributed by atoms with Crippen molar-refractivity contribution in [2.75, 3.05) is 19.6 Å². The van der Waals surface area contributed by atoms with Crippen molar-refractivity contribution < 1.29 is 0 Å². The fraction of sp³-hybridized carbons (Fsp3) is 0. The van der Waals surface area contributed by atoms with Crippen LogP contribution in [0.5, 0.6) is 0 Å². The third-order valence-electron chi connectivity index (χ3n) is 26.7. The van der Waals surface area contributed by atoms with E-state index in [1.165, 1.54) is 245 Å². The number of rotatable bonds is 4. The van der Waals surface area contributed by atoms with E-state index in [2.05, 4.69) is 469 Å². The molecule has 124 heavy (non-hydrogen) atoms. The molecule has 0 saturated heterocycles. The van der Waals surface area contributed by atoms with Crippen LogP contribution < -0.4 is 19.6 Å². The molecule has 0 radical (unpaired) electrons. The molecule has 0 bridgehead atoms. The third kappa shape index (κ3) is 10.4. The molecule has 4 heteroatoms. The summed E-state index contributed by atoms with van der Waals surface area (Å²) >= 11 is 0. The maximum Gasteiger partial charge on any atom is 0.0540 e. The molecular weight excluding hydrogens is 1500 g/mol. The number of fused-ring (bicyclic) bond motifs is 29. The second kappa shape index (κ2) is 27.6. The summed E-state index contributed by atoms with van der Waals surface area (Å²) in [7, 11) is 0. The largest absolute Gasteiger partial charge is 0.309 e. The van der Waals surface area contributed by atoms with E-state index in [1.807, 2.05) is 0 Å². The van der Waals surface area contributed by atoms with E-state index in [0.29, 0.717) is 0 Å². The Labute approximate surface area is 719 Å². The molecule has 21 aromatic rings. The molecule has 0 aromatic heterocycles. The number of nitrogens with zero attached hydrogens (tertiary/aromatic N) is 4. The van der Waals surface area contributed by atoms with Crippen LogP contribution in [-0.4, -0.2) is 0 Å². The summed E-state index contributed by atoms with van der Waals surface area (Å²) in [6, 6.07) is 165. The van der Waals surface area contributed by atoms with Crippen LogP contribution >= 0.6 is 0 Å². The van der Waals surface area contributed by atoms with E-state index in [1.54, 1.807) is 0 Å². The molecule has 4 aliphatic heterocycles. The first-order chi connectivity index (χ1) is 61.6. The fourth-order valence-electron chi connectivity index (χ4n) is 21.6. The second-order valence-electron chi connectivity index (χ2n) is 33.2. The Hall–Kier alpha value is -16.4. The lowest BCUT2D eigenvalue weighted by Gasteiger charge is -2.28. The highest BCUT2D eigenvalue weighted by Crippen LogP contribution is 2.61. The molecule has 0 unspecified atom stereocenters. The number of para-hydroxylation sites is 8. The van der Waals surface area contributed by atoms with Gasteiger partial charge in [-0.1, -0.05) is 352 Å². The van der Waals surface area contributed by atoms with Gasteiger partial charge in [0.1, 0.15) is 0 Å². The zero-order chi connectivity index (χ0) is 81.2. The molecule has 21 aromatic carbocycles. The van der Waals surface area contributed by atoms with E-state index in [9.17, 15) is 0 Å². The zero-order valence-corrected chi connectivity index (χ0v) is 67.5. The second-order valence-corrected chi connectivity index (χ2v) is 33.2. The Morgan fingerprint density at radius 2 is 0.266 bits per heavy atom. The van der Waals surface area contributed by atoms with Gasteiger partial charge in [0.05, 0.1) is 45.5 Å². The highest BCUT2D eigenvalue weighted by atomic mass is 15.2. The molecule has 3 aliphatic carbocycles. The number of hydrogen-bond donors (Lipinski definition) is 0. The molecule has 0 fully saturated rings. The summed E-state index contributed by atoms with van der Waals surface area (Å²) in [5.41, 5.74) is 50.0. The lowest BCUT2D eigenvalue weighted by molar-refractivity contribution is 1.30. The standard InChI is InChI=1S/C52H32N2.2C34H21N/c1-2-16-37-36(15-1)41-19-5-9-24-48(41)53(49-25-10-6-20-42(37)49)34-28-29-40-46(31-34)45-23-13-14-33-30-35(32-47(40)52(33)45)54-50-26-11-7-21-43(50)38-17-3-4-18-39(38)44-22-8-12-27-51(44)54;1-2-12-25-24(11-1)27-13-3-5-17-32(27)35(33-18-6-4-14-28(25)33)23-19-20-26-29-15-7-9-22-10-8-16-30(34(22)29)31(26)21-23;1-2-12-25-24(11-1)28-15-5-7-18-32(28)35(33-19-8-6-16-29(25)33)23-20-22-10-9-17-30-26-13-3-4-14-27(26)31(21-23)34(22)30/h1-32H;2*1-21H. The van der Waals surface area contributed by atoms with Crippen molar-refractivity contribution in [3.63, 3.8) is 0 Å². The molecule has 574 valence electrons. The first-order valence-corrected chi connectivity index (χ1v) is 43.0. The summed E-state index contributed by atoms with van der Waals surface area (Å²) in [6.45, 7) is 0. The highest BCUT2D eigenvalue weighted by Gasteiger charge is 2.35. The predicted octanol–water partition coefficient (Wildman–Crippen LogP) is 33.9. The third-order valence-corrected chi connectivity index (χ3v) is 26.7. The monoisotopic (exact) mass is 1570 g/mol. The number of benzene rings is 21. The fourth-order valence-corrected chi connectivity index (χ4v) is 21.6. The summed E-state index contributed by atoms with van der Waals surface area (Å²) < 4.78 is 0. The molecule has 0 amide bonds. The average Bonchev–Trinajstić information content (AvgIpc) is 1.55. The Morgan fingerprint density at radius 1 is 0.0968 bits per heavy atom. The minimum absolute atomic E-state index is 1.15. The van der Waals surface area contributed by atoms with Crippen LogP contribution in [-0.2, 0) is 0 Å². The van der Waals surface area contributed by atoms with Gasteiger partial charge in [0.25, 0.3) is 0 Å². The Kier molecular flexibility index (Phi) is 15.5. The van der Waals surface area contributed by atoms with Gasteiger partial charge < -0.3 is 19.6 Å². The van der Waals surface area contributed by atoms with Gasteiger partial charge in [0.2, 0.25) is 0 Å². The van der Waals surface area contributed by atoms with Crippen molar-refractivity contribution in [3.8, 4) is 156 Å². The van der Waals surface area contributed by atoms with Gasteiger partial charge >= 0.3 is 0 Å². The van der Waals surface area contributed by atoms with Gasteiger partial charge in [-0.2, -0.15) is 0 Å². The van der Waals surface area contributed by atoms with Crippen LogP contribution in [0.3, 0.4) is 0 Å². The molecular formula is C120H74N4. The van der Waals surface area contributed by atoms with Gasteiger partial charge in [0, 0.05) is 67.3 Å². The molecule has 0 N–H and O–H groups in total. The van der Waals surface area contributed by atoms with Gasteiger partial charge in [-0.15, -0.1) is 0 Å². The van der Waals surface area contributed by atoms with Gasteiger partial charge in [-0.25, -0.2) is 0 Å². The van der Waals surface area contributed by atoms with E-state index < -0.39 is 0 Å². The normalized spacial score (nSPS) is 12.6. The average molecular weight is 1570 g/mol. The molecule has 0 saturated carbocycles. The molecule has 4 heterocycles. The molecule has 0 atom stereocenters. The number of anilines is 12.